The van der Waals surface area contributed by atoms with Crippen LogP contribution < -0.4 is 0 Å². The van der Waals surface area contributed by atoms with Crippen LogP contribution in [0.15, 0.2) is 0 Å². The average Bonchev–Trinajstić information content (AvgIpc) is 2.40. The van der Waals surface area contributed by atoms with Crippen molar-refractivity contribution in [3.8, 4) is 0 Å². The number of amides is 1. The number of nitrogens with zero attached hydrogens (tertiary/aromatic N) is 2. The van der Waals surface area contributed by atoms with Gasteiger partial charge in [-0.1, -0.05) is 0 Å². The minimum Gasteiger partial charge on any atom is -0.340 e. The molecule has 0 aromatic heterocycles. The Morgan fingerprint density at radius 3 is 2.52 bits per heavy atom. The molecule has 2 aliphatic heterocycles. The molecule has 0 unspecified atom stereocenters. The summed E-state index contributed by atoms with van der Waals surface area (Å²) in [5.41, 5.74) is -0.401. The van der Waals surface area contributed by atoms with E-state index in [-0.39, 0.29) is 37.0 Å². The monoisotopic (exact) mass is 350 g/mol. The zero-order chi connectivity index (χ0) is 16.9. The molecular formula is C15H24F2N2O3S. The van der Waals surface area contributed by atoms with Gasteiger partial charge in [-0.05, 0) is 25.3 Å². The van der Waals surface area contributed by atoms with Crippen molar-refractivity contribution in [3.05, 3.63) is 0 Å². The summed E-state index contributed by atoms with van der Waals surface area (Å²) in [5.74, 6) is -2.43. The van der Waals surface area contributed by atoms with E-state index >= 15 is 0 Å². The molecule has 1 spiro atoms. The molecular weight excluding hydrogens is 326 g/mol. The maximum Gasteiger partial charge on any atom is 0.248 e. The maximum atomic E-state index is 12.9. The van der Waals surface area contributed by atoms with Crippen LogP contribution in [-0.4, -0.2) is 74.8 Å². The number of likely N-dealkylation sites (tertiary alicyclic amines) is 2. The molecule has 0 aromatic carbocycles. The van der Waals surface area contributed by atoms with Crippen LogP contribution in [0, 0.1) is 11.3 Å². The zero-order valence-electron chi connectivity index (χ0n) is 13.4. The first-order chi connectivity index (χ1) is 10.6. The van der Waals surface area contributed by atoms with Crippen LogP contribution in [-0.2, 0) is 14.6 Å². The number of halogens is 2. The Labute approximate surface area is 135 Å². The molecule has 0 bridgehead atoms. The number of rotatable bonds is 5. The second kappa shape index (κ2) is 5.65. The number of piperidine rings is 1. The molecule has 5 nitrogen and oxygen atoms in total. The zero-order valence-corrected chi connectivity index (χ0v) is 14.2. The number of hydrogen-bond donors (Lipinski definition) is 0. The van der Waals surface area contributed by atoms with E-state index in [4.69, 9.17) is 0 Å². The van der Waals surface area contributed by atoms with Crippen LogP contribution in [0.3, 0.4) is 0 Å². The topological polar surface area (TPSA) is 57.7 Å². The van der Waals surface area contributed by atoms with Gasteiger partial charge in [0.1, 0.15) is 9.84 Å². The number of carbonyl (C=O) groups is 1. The highest BCUT2D eigenvalue weighted by Crippen LogP contribution is 2.45. The van der Waals surface area contributed by atoms with Gasteiger partial charge >= 0.3 is 0 Å². The van der Waals surface area contributed by atoms with E-state index in [1.54, 1.807) is 4.90 Å². The minimum atomic E-state index is -3.07. The molecule has 1 saturated carbocycles. The highest BCUT2D eigenvalue weighted by atomic mass is 32.2. The van der Waals surface area contributed by atoms with Gasteiger partial charge in [-0.15, -0.1) is 0 Å². The summed E-state index contributed by atoms with van der Waals surface area (Å²) in [7, 11) is -3.07. The normalized spacial score (nSPS) is 32.0. The molecule has 1 aliphatic carbocycles. The molecule has 0 aromatic rings. The molecule has 3 aliphatic rings. The lowest BCUT2D eigenvalue weighted by molar-refractivity contribution is -0.167. The summed E-state index contributed by atoms with van der Waals surface area (Å²) in [5, 5.41) is 0. The number of alkyl halides is 2. The second-order valence-corrected chi connectivity index (χ2v) is 9.87. The fourth-order valence-corrected chi connectivity index (χ4v) is 4.72. The van der Waals surface area contributed by atoms with Crippen molar-refractivity contribution in [1.82, 2.24) is 9.80 Å². The molecule has 2 heterocycles. The first kappa shape index (κ1) is 17.1. The van der Waals surface area contributed by atoms with Crippen LogP contribution in [0.1, 0.15) is 25.7 Å². The summed E-state index contributed by atoms with van der Waals surface area (Å²) in [6, 6.07) is 0. The first-order valence-electron chi connectivity index (χ1n) is 8.16. The SMILES string of the molecule is CS(=O)(=O)CCN1C[C@]2(CCCN(CC3CC(F)(F)C3)C2)C1=O. The van der Waals surface area contributed by atoms with E-state index < -0.39 is 21.2 Å². The third kappa shape index (κ3) is 3.68. The fourth-order valence-electron chi connectivity index (χ4n) is 4.17. The van der Waals surface area contributed by atoms with E-state index in [2.05, 4.69) is 4.90 Å². The predicted molar refractivity (Wildman–Crippen MR) is 82.1 cm³/mol. The van der Waals surface area contributed by atoms with Gasteiger partial charge < -0.3 is 9.80 Å². The van der Waals surface area contributed by atoms with Crippen molar-refractivity contribution in [2.75, 3.05) is 44.7 Å². The van der Waals surface area contributed by atoms with Crippen molar-refractivity contribution >= 4 is 15.7 Å². The first-order valence-corrected chi connectivity index (χ1v) is 10.2. The van der Waals surface area contributed by atoms with Crippen LogP contribution >= 0.6 is 0 Å². The van der Waals surface area contributed by atoms with Crippen LogP contribution in [0.25, 0.3) is 0 Å². The molecule has 132 valence electrons. The molecule has 0 N–H and O–H groups in total. The molecule has 23 heavy (non-hydrogen) atoms. The molecule has 0 radical (unpaired) electrons. The Morgan fingerprint density at radius 1 is 1.26 bits per heavy atom. The average molecular weight is 350 g/mol. The lowest BCUT2D eigenvalue weighted by atomic mass is 9.71. The number of carbonyl (C=O) groups excluding carboxylic acids is 1. The molecule has 1 amide bonds. The number of sulfone groups is 1. The molecule has 2 saturated heterocycles. The Bertz CT molecular complexity index is 588. The van der Waals surface area contributed by atoms with Crippen molar-refractivity contribution in [1.29, 1.82) is 0 Å². The summed E-state index contributed by atoms with van der Waals surface area (Å²) < 4.78 is 48.3. The van der Waals surface area contributed by atoms with Gasteiger partial charge in [0.15, 0.2) is 0 Å². The lowest BCUT2D eigenvalue weighted by Crippen LogP contribution is -2.67. The van der Waals surface area contributed by atoms with Gasteiger partial charge in [0.2, 0.25) is 11.8 Å². The van der Waals surface area contributed by atoms with E-state index in [1.807, 2.05) is 0 Å². The third-order valence-electron chi connectivity index (χ3n) is 5.31. The van der Waals surface area contributed by atoms with Crippen molar-refractivity contribution < 1.29 is 22.0 Å². The Kier molecular flexibility index (Phi) is 4.20. The molecule has 1 atom stereocenters. The Morgan fingerprint density at radius 2 is 1.96 bits per heavy atom. The summed E-state index contributed by atoms with van der Waals surface area (Å²) in [6.07, 6.45) is 2.81. The largest absolute Gasteiger partial charge is 0.340 e. The van der Waals surface area contributed by atoms with Crippen molar-refractivity contribution in [2.24, 2.45) is 11.3 Å². The molecule has 8 heteroatoms. The van der Waals surface area contributed by atoms with Gasteiger partial charge in [0.25, 0.3) is 0 Å². The lowest BCUT2D eigenvalue weighted by Gasteiger charge is -2.54. The van der Waals surface area contributed by atoms with E-state index in [1.165, 1.54) is 6.26 Å². The second-order valence-electron chi connectivity index (χ2n) is 7.61. The van der Waals surface area contributed by atoms with Crippen LogP contribution in [0.2, 0.25) is 0 Å². The van der Waals surface area contributed by atoms with E-state index in [9.17, 15) is 22.0 Å². The van der Waals surface area contributed by atoms with Gasteiger partial charge in [-0.25, -0.2) is 17.2 Å². The molecule has 3 fully saturated rings. The standard InChI is InChI=1S/C15H24F2N2O3S/c1-23(21,22)6-5-19-11-14(13(19)20)3-2-4-18(10-14)9-12-7-15(16,17)8-12/h12H,2-11H2,1H3/t14-/m1/s1. The summed E-state index contributed by atoms with van der Waals surface area (Å²) in [6.45, 7) is 2.99. The fraction of sp³-hybridized carbons (Fsp3) is 0.933. The highest BCUT2D eigenvalue weighted by molar-refractivity contribution is 7.90. The van der Waals surface area contributed by atoms with E-state index in [0.717, 1.165) is 19.4 Å². The predicted octanol–water partition coefficient (Wildman–Crippen LogP) is 1.00. The summed E-state index contributed by atoms with van der Waals surface area (Å²) in [4.78, 5) is 16.2. The maximum absolute atomic E-state index is 12.9. The van der Waals surface area contributed by atoms with Crippen molar-refractivity contribution in [3.63, 3.8) is 0 Å². The van der Waals surface area contributed by atoms with Gasteiger partial charge in [-0.3, -0.25) is 4.79 Å². The van der Waals surface area contributed by atoms with Crippen molar-refractivity contribution in [2.45, 2.75) is 31.6 Å². The van der Waals surface area contributed by atoms with Gasteiger partial charge in [0, 0.05) is 45.3 Å². The number of β-lactam (4-membered cyclic amide) rings is 1. The van der Waals surface area contributed by atoms with E-state index in [0.29, 0.717) is 19.6 Å². The summed E-state index contributed by atoms with van der Waals surface area (Å²) >= 11 is 0. The Hall–Kier alpha value is -0.760. The quantitative estimate of drug-likeness (QED) is 0.694. The smallest absolute Gasteiger partial charge is 0.248 e. The van der Waals surface area contributed by atoms with Crippen LogP contribution in [0.4, 0.5) is 8.78 Å². The Balaban J connectivity index is 1.50. The minimum absolute atomic E-state index is 0.00427. The molecule has 3 rings (SSSR count). The number of hydrogen-bond acceptors (Lipinski definition) is 4. The van der Waals surface area contributed by atoms with Gasteiger partial charge in [-0.2, -0.15) is 0 Å². The highest BCUT2D eigenvalue weighted by Gasteiger charge is 2.54. The van der Waals surface area contributed by atoms with Gasteiger partial charge in [0.05, 0.1) is 11.2 Å². The third-order valence-corrected chi connectivity index (χ3v) is 6.24. The van der Waals surface area contributed by atoms with Crippen LogP contribution in [0.5, 0.6) is 0 Å².